The molecule has 0 bridgehead atoms. The van der Waals surface area contributed by atoms with E-state index in [2.05, 4.69) is 11.8 Å². The van der Waals surface area contributed by atoms with Gasteiger partial charge in [-0.3, -0.25) is 14.5 Å². The standard InChI is InChI=1S/C30H38N2O5/c1-5-22-7-9-23(10-8-22)27-26(28(33)24-11-12-25(21(4)19-24)37-20(2)3)29(34)30(35)32(27)14-6-13-31-15-17-36-18-16-31/h7-12,19-20,27,33H,5-6,13-18H2,1-4H3/t27-/m1/s1. The molecule has 0 aliphatic carbocycles. The molecule has 2 heterocycles. The minimum atomic E-state index is -0.645. The third kappa shape index (κ3) is 6.05. The zero-order valence-electron chi connectivity index (χ0n) is 22.3. The molecule has 1 atom stereocenters. The summed E-state index contributed by atoms with van der Waals surface area (Å²) < 4.78 is 11.3. The normalized spacial score (nSPS) is 20.1. The van der Waals surface area contributed by atoms with Gasteiger partial charge >= 0.3 is 0 Å². The number of nitrogens with zero attached hydrogens (tertiary/aromatic N) is 2. The van der Waals surface area contributed by atoms with Gasteiger partial charge in [0.05, 0.1) is 30.9 Å². The van der Waals surface area contributed by atoms with E-state index in [1.54, 1.807) is 23.1 Å². The van der Waals surface area contributed by atoms with Crippen LogP contribution in [0.1, 0.15) is 55.5 Å². The van der Waals surface area contributed by atoms with Crippen LogP contribution in [0.2, 0.25) is 0 Å². The van der Waals surface area contributed by atoms with Gasteiger partial charge < -0.3 is 19.5 Å². The molecule has 4 rings (SSSR count). The van der Waals surface area contributed by atoms with Crippen LogP contribution in [-0.2, 0) is 20.7 Å². The van der Waals surface area contributed by atoms with E-state index in [4.69, 9.17) is 9.47 Å². The van der Waals surface area contributed by atoms with Gasteiger partial charge in [0.25, 0.3) is 11.7 Å². The second-order valence-electron chi connectivity index (χ2n) is 10.0. The number of aryl methyl sites for hydroxylation is 2. The fraction of sp³-hybridized carbons (Fsp3) is 0.467. The van der Waals surface area contributed by atoms with Gasteiger partial charge in [-0.1, -0.05) is 31.2 Å². The maximum atomic E-state index is 13.3. The molecule has 1 amide bonds. The fourth-order valence-electron chi connectivity index (χ4n) is 5.02. The number of ether oxygens (including phenoxy) is 2. The Morgan fingerprint density at radius 2 is 1.78 bits per heavy atom. The number of rotatable bonds is 9. The lowest BCUT2D eigenvalue weighted by Crippen LogP contribution is -2.38. The molecule has 2 aliphatic heterocycles. The number of carbonyl (C=O) groups excluding carboxylic acids is 2. The van der Waals surface area contributed by atoms with E-state index in [-0.39, 0.29) is 17.4 Å². The topological polar surface area (TPSA) is 79.3 Å². The number of ketones is 1. The molecule has 0 radical (unpaired) electrons. The highest BCUT2D eigenvalue weighted by Gasteiger charge is 2.45. The Hall–Kier alpha value is -3.16. The summed E-state index contributed by atoms with van der Waals surface area (Å²) in [5.41, 5.74) is 3.47. The Bertz CT molecular complexity index is 1150. The van der Waals surface area contributed by atoms with Crippen molar-refractivity contribution in [2.75, 3.05) is 39.4 Å². The number of hydrogen-bond acceptors (Lipinski definition) is 6. The highest BCUT2D eigenvalue weighted by atomic mass is 16.5. The number of benzene rings is 2. The van der Waals surface area contributed by atoms with Crippen LogP contribution in [0.25, 0.3) is 5.76 Å². The quantitative estimate of drug-likeness (QED) is 0.307. The summed E-state index contributed by atoms with van der Waals surface area (Å²) in [6.45, 7) is 12.3. The van der Waals surface area contributed by atoms with Gasteiger partial charge in [0, 0.05) is 31.7 Å². The molecule has 0 unspecified atom stereocenters. The van der Waals surface area contributed by atoms with E-state index in [0.717, 1.165) is 49.4 Å². The average molecular weight is 507 g/mol. The van der Waals surface area contributed by atoms with E-state index < -0.39 is 17.7 Å². The lowest BCUT2D eigenvalue weighted by molar-refractivity contribution is -0.140. The van der Waals surface area contributed by atoms with Crippen molar-refractivity contribution in [3.05, 3.63) is 70.3 Å². The highest BCUT2D eigenvalue weighted by Crippen LogP contribution is 2.40. The molecule has 2 saturated heterocycles. The van der Waals surface area contributed by atoms with Gasteiger partial charge in [-0.2, -0.15) is 0 Å². The monoisotopic (exact) mass is 506 g/mol. The average Bonchev–Trinajstić information content (AvgIpc) is 3.15. The van der Waals surface area contributed by atoms with E-state index in [1.165, 1.54) is 5.56 Å². The second kappa shape index (κ2) is 11.9. The van der Waals surface area contributed by atoms with E-state index in [9.17, 15) is 14.7 Å². The van der Waals surface area contributed by atoms with E-state index in [1.807, 2.05) is 45.0 Å². The summed E-state index contributed by atoms with van der Waals surface area (Å²) in [5, 5.41) is 11.4. The zero-order chi connectivity index (χ0) is 26.5. The molecule has 2 aromatic carbocycles. The Morgan fingerprint density at radius 1 is 1.08 bits per heavy atom. The number of aliphatic hydroxyl groups is 1. The molecule has 0 spiro atoms. The van der Waals surface area contributed by atoms with Crippen LogP contribution < -0.4 is 4.74 Å². The third-order valence-electron chi connectivity index (χ3n) is 7.03. The molecule has 0 saturated carbocycles. The number of morpholine rings is 1. The molecule has 2 aliphatic rings. The molecule has 37 heavy (non-hydrogen) atoms. The summed E-state index contributed by atoms with van der Waals surface area (Å²) in [6.07, 6.45) is 1.65. The summed E-state index contributed by atoms with van der Waals surface area (Å²) in [7, 11) is 0. The van der Waals surface area contributed by atoms with Crippen molar-refractivity contribution in [3.63, 3.8) is 0 Å². The summed E-state index contributed by atoms with van der Waals surface area (Å²) in [5.74, 6) is -0.641. The first-order chi connectivity index (χ1) is 17.8. The summed E-state index contributed by atoms with van der Waals surface area (Å²) in [4.78, 5) is 30.5. The molecule has 0 aromatic heterocycles. The Kier molecular flexibility index (Phi) is 8.67. The Balaban J connectivity index is 1.68. The van der Waals surface area contributed by atoms with Crippen LogP contribution in [0.15, 0.2) is 48.0 Å². The lowest BCUT2D eigenvalue weighted by atomic mass is 9.94. The van der Waals surface area contributed by atoms with Gasteiger partial charge in [-0.15, -0.1) is 0 Å². The fourth-order valence-corrected chi connectivity index (χ4v) is 5.02. The summed E-state index contributed by atoms with van der Waals surface area (Å²) >= 11 is 0. The van der Waals surface area contributed by atoms with Crippen LogP contribution in [0.3, 0.4) is 0 Å². The summed E-state index contributed by atoms with van der Waals surface area (Å²) in [6, 6.07) is 12.7. The molecule has 7 nitrogen and oxygen atoms in total. The predicted molar refractivity (Wildman–Crippen MR) is 144 cm³/mol. The molecular formula is C30H38N2O5. The van der Waals surface area contributed by atoms with E-state index >= 15 is 0 Å². The minimum Gasteiger partial charge on any atom is -0.507 e. The van der Waals surface area contributed by atoms with Gasteiger partial charge in [0.2, 0.25) is 0 Å². The highest BCUT2D eigenvalue weighted by molar-refractivity contribution is 6.46. The number of amides is 1. The van der Waals surface area contributed by atoms with Crippen molar-refractivity contribution in [2.45, 2.75) is 52.7 Å². The van der Waals surface area contributed by atoms with Crippen LogP contribution in [0, 0.1) is 6.92 Å². The van der Waals surface area contributed by atoms with Crippen molar-refractivity contribution in [1.29, 1.82) is 0 Å². The van der Waals surface area contributed by atoms with Gasteiger partial charge in [-0.05, 0) is 68.5 Å². The molecule has 2 fully saturated rings. The van der Waals surface area contributed by atoms with Gasteiger partial charge in [0.1, 0.15) is 11.5 Å². The molecular weight excluding hydrogens is 468 g/mol. The van der Waals surface area contributed by atoms with Crippen LogP contribution in [-0.4, -0.2) is 72.1 Å². The number of Topliss-reactive ketones (excluding diaryl/α,β-unsaturated/α-hetero) is 1. The van der Waals surface area contributed by atoms with Crippen LogP contribution in [0.4, 0.5) is 0 Å². The number of carbonyl (C=O) groups is 2. The maximum absolute atomic E-state index is 13.3. The van der Waals surface area contributed by atoms with Crippen molar-refractivity contribution in [3.8, 4) is 5.75 Å². The van der Waals surface area contributed by atoms with Crippen LogP contribution in [0.5, 0.6) is 5.75 Å². The lowest BCUT2D eigenvalue weighted by Gasteiger charge is -2.29. The molecule has 2 aromatic rings. The first-order valence-electron chi connectivity index (χ1n) is 13.2. The number of aliphatic hydroxyl groups excluding tert-OH is 1. The van der Waals surface area contributed by atoms with E-state index in [0.29, 0.717) is 25.3 Å². The van der Waals surface area contributed by atoms with Crippen molar-refractivity contribution in [2.24, 2.45) is 0 Å². The number of hydrogen-bond donors (Lipinski definition) is 1. The SMILES string of the molecule is CCc1ccc([C@@H]2C(=C(O)c3ccc(OC(C)C)c(C)c3)C(=O)C(=O)N2CCCN2CCOCC2)cc1. The molecule has 198 valence electrons. The zero-order valence-corrected chi connectivity index (χ0v) is 22.3. The first-order valence-corrected chi connectivity index (χ1v) is 13.2. The second-order valence-corrected chi connectivity index (χ2v) is 10.0. The van der Waals surface area contributed by atoms with Crippen molar-refractivity contribution in [1.82, 2.24) is 9.80 Å². The van der Waals surface area contributed by atoms with Crippen molar-refractivity contribution >= 4 is 17.4 Å². The largest absolute Gasteiger partial charge is 0.507 e. The Labute approximate surface area is 219 Å². The van der Waals surface area contributed by atoms with Gasteiger partial charge in [-0.25, -0.2) is 0 Å². The maximum Gasteiger partial charge on any atom is 0.295 e. The Morgan fingerprint density at radius 3 is 2.41 bits per heavy atom. The predicted octanol–water partition coefficient (Wildman–Crippen LogP) is 4.49. The van der Waals surface area contributed by atoms with Gasteiger partial charge in [0.15, 0.2) is 0 Å². The molecule has 1 N–H and O–H groups in total. The van der Waals surface area contributed by atoms with Crippen LogP contribution >= 0.6 is 0 Å². The third-order valence-corrected chi connectivity index (χ3v) is 7.03. The minimum absolute atomic E-state index is 0.0204. The first kappa shape index (κ1) is 26.9. The smallest absolute Gasteiger partial charge is 0.295 e. The number of likely N-dealkylation sites (tertiary alicyclic amines) is 1. The molecule has 7 heteroatoms. The van der Waals surface area contributed by atoms with Crippen molar-refractivity contribution < 1.29 is 24.2 Å².